The predicted molar refractivity (Wildman–Crippen MR) is 101 cm³/mol. The Morgan fingerprint density at radius 3 is 2.62 bits per heavy atom. The van der Waals surface area contributed by atoms with Gasteiger partial charge in [0, 0.05) is 38.4 Å². The van der Waals surface area contributed by atoms with Crippen molar-refractivity contribution in [3.63, 3.8) is 0 Å². The van der Waals surface area contributed by atoms with Gasteiger partial charge in [-0.2, -0.15) is 4.98 Å². The summed E-state index contributed by atoms with van der Waals surface area (Å²) in [5.41, 5.74) is 6.39. The summed E-state index contributed by atoms with van der Waals surface area (Å²) < 4.78 is 5.07. The van der Waals surface area contributed by atoms with E-state index in [0.717, 1.165) is 51.0 Å². The van der Waals surface area contributed by atoms with Crippen LogP contribution >= 0.6 is 12.4 Å². The van der Waals surface area contributed by atoms with Crippen LogP contribution in [0.5, 0.6) is 0 Å². The second-order valence-electron chi connectivity index (χ2n) is 8.42. The van der Waals surface area contributed by atoms with Crippen LogP contribution in [0, 0.1) is 30.6 Å². The number of nitrogens with zero attached hydrogens (tertiary/aromatic N) is 3. The summed E-state index contributed by atoms with van der Waals surface area (Å²) in [7, 11) is 0. The van der Waals surface area contributed by atoms with Crippen molar-refractivity contribution in [1.82, 2.24) is 15.0 Å². The summed E-state index contributed by atoms with van der Waals surface area (Å²) in [5.74, 6) is 3.52. The third-order valence-corrected chi connectivity index (χ3v) is 6.63. The van der Waals surface area contributed by atoms with Gasteiger partial charge in [-0.3, -0.25) is 4.79 Å². The zero-order valence-corrected chi connectivity index (χ0v) is 16.4. The Hall–Kier alpha value is -1.14. The SMILES string of the molecule is Cc1nc(CC2CCCN(C(=O)C3CC4CCCC(C3)C4N)C2)no1.Cl. The number of amides is 1. The van der Waals surface area contributed by atoms with Crippen molar-refractivity contribution >= 4 is 18.3 Å². The number of hydrogen-bond acceptors (Lipinski definition) is 5. The lowest BCUT2D eigenvalue weighted by molar-refractivity contribution is -0.140. The molecule has 146 valence electrons. The number of rotatable bonds is 3. The Morgan fingerprint density at radius 2 is 1.96 bits per heavy atom. The summed E-state index contributed by atoms with van der Waals surface area (Å²) in [5, 5.41) is 4.01. The van der Waals surface area contributed by atoms with E-state index in [2.05, 4.69) is 15.0 Å². The third kappa shape index (κ3) is 4.06. The zero-order valence-electron chi connectivity index (χ0n) is 15.6. The number of aryl methyl sites for hydroxylation is 1. The van der Waals surface area contributed by atoms with Gasteiger partial charge in [-0.05, 0) is 56.3 Å². The molecule has 0 radical (unpaired) electrons. The minimum Gasteiger partial charge on any atom is -0.342 e. The van der Waals surface area contributed by atoms with Crippen molar-refractivity contribution < 1.29 is 9.32 Å². The van der Waals surface area contributed by atoms with Gasteiger partial charge in [0.1, 0.15) is 0 Å². The first kappa shape index (κ1) is 19.6. The highest BCUT2D eigenvalue weighted by atomic mass is 35.5. The molecule has 3 unspecified atom stereocenters. The monoisotopic (exact) mass is 382 g/mol. The van der Waals surface area contributed by atoms with Crippen molar-refractivity contribution in [2.45, 2.75) is 64.3 Å². The van der Waals surface area contributed by atoms with E-state index in [9.17, 15) is 4.79 Å². The molecule has 1 aliphatic heterocycles. The summed E-state index contributed by atoms with van der Waals surface area (Å²) in [6, 6.07) is 0.327. The molecular formula is C19H31ClN4O2. The topological polar surface area (TPSA) is 85.2 Å². The van der Waals surface area contributed by atoms with E-state index in [1.807, 2.05) is 6.92 Å². The Labute approximate surface area is 161 Å². The number of halogens is 1. The number of hydrogen-bond donors (Lipinski definition) is 1. The molecule has 0 spiro atoms. The highest BCUT2D eigenvalue weighted by Crippen LogP contribution is 2.42. The molecule has 2 saturated carbocycles. The molecule has 3 aliphatic rings. The lowest BCUT2D eigenvalue weighted by Gasteiger charge is -2.45. The fraction of sp³-hybridized carbons (Fsp3) is 0.842. The van der Waals surface area contributed by atoms with Crippen LogP contribution in [0.15, 0.2) is 4.52 Å². The van der Waals surface area contributed by atoms with E-state index in [-0.39, 0.29) is 18.3 Å². The number of piperidine rings is 1. The second-order valence-corrected chi connectivity index (χ2v) is 8.42. The van der Waals surface area contributed by atoms with Crippen molar-refractivity contribution in [3.8, 4) is 0 Å². The first-order valence-electron chi connectivity index (χ1n) is 9.93. The van der Waals surface area contributed by atoms with E-state index < -0.39 is 0 Å². The zero-order chi connectivity index (χ0) is 17.4. The molecule has 7 heteroatoms. The van der Waals surface area contributed by atoms with Gasteiger partial charge in [0.05, 0.1) is 0 Å². The Kier molecular flexibility index (Phi) is 6.23. The standard InChI is InChI=1S/C19H30N4O2.ClH/c1-12-21-17(22-25-12)8-13-4-3-7-23(11-13)19(24)16-9-14-5-2-6-15(10-16)18(14)20;/h13-16,18H,2-11,20H2,1H3;1H. The fourth-order valence-electron chi connectivity index (χ4n) is 5.36. The average Bonchev–Trinajstić information content (AvgIpc) is 2.99. The maximum Gasteiger partial charge on any atom is 0.225 e. The van der Waals surface area contributed by atoms with Gasteiger partial charge in [-0.15, -0.1) is 12.4 Å². The van der Waals surface area contributed by atoms with Gasteiger partial charge < -0.3 is 15.2 Å². The molecule has 4 rings (SSSR count). The molecule has 2 N–H and O–H groups in total. The number of likely N-dealkylation sites (tertiary alicyclic amines) is 1. The molecule has 1 aromatic rings. The largest absolute Gasteiger partial charge is 0.342 e. The first-order valence-corrected chi connectivity index (χ1v) is 9.93. The van der Waals surface area contributed by atoms with Crippen LogP contribution in [0.3, 0.4) is 0 Å². The van der Waals surface area contributed by atoms with Crippen molar-refractivity contribution in [2.75, 3.05) is 13.1 Å². The lowest BCUT2D eigenvalue weighted by atomic mass is 9.65. The molecule has 2 aliphatic carbocycles. The molecule has 1 aromatic heterocycles. The molecular weight excluding hydrogens is 352 g/mol. The molecule has 26 heavy (non-hydrogen) atoms. The molecule has 2 heterocycles. The number of carbonyl (C=O) groups is 1. The van der Waals surface area contributed by atoms with Crippen molar-refractivity contribution in [1.29, 1.82) is 0 Å². The van der Waals surface area contributed by atoms with E-state index in [1.54, 1.807) is 0 Å². The van der Waals surface area contributed by atoms with Crippen LogP contribution < -0.4 is 5.73 Å². The number of aromatic nitrogens is 2. The van der Waals surface area contributed by atoms with Gasteiger partial charge in [0.25, 0.3) is 0 Å². The van der Waals surface area contributed by atoms with Gasteiger partial charge in [0.2, 0.25) is 11.8 Å². The van der Waals surface area contributed by atoms with E-state index in [0.29, 0.717) is 35.6 Å². The Balaban J connectivity index is 0.00000196. The molecule has 6 nitrogen and oxygen atoms in total. The van der Waals surface area contributed by atoms with Crippen LogP contribution in [-0.4, -0.2) is 40.1 Å². The van der Waals surface area contributed by atoms with Gasteiger partial charge in [-0.25, -0.2) is 0 Å². The van der Waals surface area contributed by atoms with Crippen LogP contribution in [0.1, 0.15) is 56.7 Å². The second kappa shape index (κ2) is 8.26. The van der Waals surface area contributed by atoms with E-state index in [1.165, 1.54) is 19.3 Å². The number of nitrogens with two attached hydrogens (primary N) is 1. The van der Waals surface area contributed by atoms with E-state index in [4.69, 9.17) is 10.3 Å². The first-order chi connectivity index (χ1) is 12.1. The van der Waals surface area contributed by atoms with Crippen LogP contribution in [0.2, 0.25) is 0 Å². The van der Waals surface area contributed by atoms with Gasteiger partial charge >= 0.3 is 0 Å². The third-order valence-electron chi connectivity index (χ3n) is 6.63. The minimum absolute atomic E-state index is 0. The van der Waals surface area contributed by atoms with E-state index >= 15 is 0 Å². The Bertz CT molecular complexity index is 608. The smallest absolute Gasteiger partial charge is 0.225 e. The highest BCUT2D eigenvalue weighted by molar-refractivity contribution is 5.85. The van der Waals surface area contributed by atoms with Gasteiger partial charge in [0.15, 0.2) is 5.82 Å². The van der Waals surface area contributed by atoms with Crippen LogP contribution in [0.25, 0.3) is 0 Å². The van der Waals surface area contributed by atoms with Crippen LogP contribution in [0.4, 0.5) is 0 Å². The lowest BCUT2D eigenvalue weighted by Crippen LogP contribution is -2.51. The number of fused-ring (bicyclic) bond motifs is 2. The quantitative estimate of drug-likeness (QED) is 0.868. The highest BCUT2D eigenvalue weighted by Gasteiger charge is 2.42. The van der Waals surface area contributed by atoms with Crippen LogP contribution in [-0.2, 0) is 11.2 Å². The summed E-state index contributed by atoms with van der Waals surface area (Å²) in [4.78, 5) is 19.6. The number of carbonyl (C=O) groups excluding carboxylic acids is 1. The normalized spacial score (nSPS) is 34.2. The maximum atomic E-state index is 13.1. The summed E-state index contributed by atoms with van der Waals surface area (Å²) in [6.45, 7) is 3.56. The van der Waals surface area contributed by atoms with Crippen molar-refractivity contribution in [2.24, 2.45) is 29.4 Å². The minimum atomic E-state index is 0. The van der Waals surface area contributed by atoms with Crippen molar-refractivity contribution in [3.05, 3.63) is 11.7 Å². The molecule has 2 bridgehead atoms. The Morgan fingerprint density at radius 1 is 1.23 bits per heavy atom. The fourth-order valence-corrected chi connectivity index (χ4v) is 5.36. The average molecular weight is 383 g/mol. The van der Waals surface area contributed by atoms with Gasteiger partial charge in [-0.1, -0.05) is 11.6 Å². The summed E-state index contributed by atoms with van der Waals surface area (Å²) in [6.07, 6.45) is 8.73. The molecule has 3 atom stereocenters. The molecule has 3 fully saturated rings. The molecule has 0 aromatic carbocycles. The predicted octanol–water partition coefficient (Wildman–Crippen LogP) is 2.73. The summed E-state index contributed by atoms with van der Waals surface area (Å²) >= 11 is 0. The molecule has 1 amide bonds. The maximum absolute atomic E-state index is 13.1. The molecule has 1 saturated heterocycles.